The van der Waals surface area contributed by atoms with Crippen LogP contribution in [0.15, 0.2) is 71.3 Å². The molecule has 1 aromatic heterocycles. The summed E-state index contributed by atoms with van der Waals surface area (Å²) in [7, 11) is 0. The lowest BCUT2D eigenvalue weighted by Gasteiger charge is -2.25. The predicted molar refractivity (Wildman–Crippen MR) is 110 cm³/mol. The van der Waals surface area contributed by atoms with Crippen molar-refractivity contribution in [2.75, 3.05) is 13.2 Å². The van der Waals surface area contributed by atoms with E-state index in [4.69, 9.17) is 13.9 Å². The van der Waals surface area contributed by atoms with Crippen LogP contribution in [-0.4, -0.2) is 30.1 Å². The molecule has 156 valence electrons. The van der Waals surface area contributed by atoms with E-state index in [1.807, 2.05) is 30.3 Å². The summed E-state index contributed by atoms with van der Waals surface area (Å²) in [5.74, 6) is 0.579. The van der Waals surface area contributed by atoms with E-state index in [0.717, 1.165) is 30.6 Å². The third-order valence-corrected chi connectivity index (χ3v) is 5.06. The zero-order chi connectivity index (χ0) is 20.8. The van der Waals surface area contributed by atoms with Gasteiger partial charge < -0.3 is 18.8 Å². The van der Waals surface area contributed by atoms with Crippen molar-refractivity contribution in [2.24, 2.45) is 0 Å². The summed E-state index contributed by atoms with van der Waals surface area (Å²) in [4.78, 5) is 14.6. The lowest BCUT2D eigenvalue weighted by atomic mass is 10.1. The fourth-order valence-corrected chi connectivity index (χ4v) is 3.51. The van der Waals surface area contributed by atoms with Crippen molar-refractivity contribution in [2.45, 2.75) is 32.1 Å². The van der Waals surface area contributed by atoms with Gasteiger partial charge in [-0.2, -0.15) is 0 Å². The average molecular weight is 409 g/mol. The first-order chi connectivity index (χ1) is 14.7. The Morgan fingerprint density at radius 1 is 1.10 bits per heavy atom. The number of carbonyl (C=O) groups is 1. The van der Waals surface area contributed by atoms with Crippen molar-refractivity contribution < 1.29 is 23.1 Å². The molecular weight excluding hydrogens is 385 g/mol. The number of ether oxygens (including phenoxy) is 2. The highest BCUT2D eigenvalue weighted by molar-refractivity contribution is 5.91. The van der Waals surface area contributed by atoms with Crippen LogP contribution >= 0.6 is 0 Å². The second-order valence-electron chi connectivity index (χ2n) is 7.36. The minimum atomic E-state index is -0.279. The number of furan rings is 1. The Bertz CT molecular complexity index is 950. The molecule has 1 atom stereocenters. The molecule has 0 saturated carbocycles. The van der Waals surface area contributed by atoms with Crippen LogP contribution in [0, 0.1) is 5.82 Å². The van der Waals surface area contributed by atoms with E-state index >= 15 is 0 Å². The van der Waals surface area contributed by atoms with E-state index in [1.54, 1.807) is 23.1 Å². The van der Waals surface area contributed by atoms with Crippen LogP contribution in [0.5, 0.6) is 5.75 Å². The maximum absolute atomic E-state index is 13.3. The Labute approximate surface area is 175 Å². The molecule has 0 radical (unpaired) electrons. The fourth-order valence-electron chi connectivity index (χ4n) is 3.51. The van der Waals surface area contributed by atoms with Crippen LogP contribution in [-0.2, 0) is 17.9 Å². The number of hydrogen-bond acceptors (Lipinski definition) is 4. The zero-order valence-corrected chi connectivity index (χ0v) is 16.6. The van der Waals surface area contributed by atoms with E-state index in [1.165, 1.54) is 18.4 Å². The zero-order valence-electron chi connectivity index (χ0n) is 16.6. The van der Waals surface area contributed by atoms with Crippen molar-refractivity contribution in [3.63, 3.8) is 0 Å². The third kappa shape index (κ3) is 5.27. The summed E-state index contributed by atoms with van der Waals surface area (Å²) in [6.45, 7) is 2.00. The quantitative estimate of drug-likeness (QED) is 0.535. The van der Waals surface area contributed by atoms with Gasteiger partial charge in [0.25, 0.3) is 5.91 Å². The molecule has 0 aliphatic carbocycles. The Hall–Kier alpha value is -3.12. The summed E-state index contributed by atoms with van der Waals surface area (Å²) in [5, 5.41) is 0. The molecule has 1 aliphatic heterocycles. The van der Waals surface area contributed by atoms with Gasteiger partial charge in [-0.05, 0) is 60.4 Å². The molecule has 1 fully saturated rings. The Balaban J connectivity index is 1.40. The number of hydrogen-bond donors (Lipinski definition) is 0. The first-order valence-electron chi connectivity index (χ1n) is 10.1. The van der Waals surface area contributed by atoms with Crippen molar-refractivity contribution in [1.29, 1.82) is 0 Å². The summed E-state index contributed by atoms with van der Waals surface area (Å²) in [6.07, 6.45) is 3.53. The molecule has 2 aromatic carbocycles. The molecule has 4 rings (SSSR count). The van der Waals surface area contributed by atoms with Gasteiger partial charge in [-0.15, -0.1) is 0 Å². The van der Waals surface area contributed by atoms with Gasteiger partial charge in [-0.25, -0.2) is 4.39 Å². The van der Waals surface area contributed by atoms with Gasteiger partial charge in [0.05, 0.1) is 12.4 Å². The molecule has 0 bridgehead atoms. The van der Waals surface area contributed by atoms with Crippen molar-refractivity contribution in [1.82, 2.24) is 4.90 Å². The van der Waals surface area contributed by atoms with E-state index < -0.39 is 0 Å². The topological polar surface area (TPSA) is 51.9 Å². The molecular formula is C24H24FNO4. The second kappa shape index (κ2) is 9.59. The maximum Gasteiger partial charge on any atom is 0.289 e. The number of rotatable bonds is 8. The highest BCUT2D eigenvalue weighted by Gasteiger charge is 2.25. The van der Waals surface area contributed by atoms with Crippen molar-refractivity contribution in [3.8, 4) is 5.75 Å². The molecule has 5 nitrogen and oxygen atoms in total. The van der Waals surface area contributed by atoms with Crippen molar-refractivity contribution >= 4 is 5.91 Å². The molecule has 6 heteroatoms. The summed E-state index contributed by atoms with van der Waals surface area (Å²) >= 11 is 0. The highest BCUT2D eigenvalue weighted by atomic mass is 19.1. The summed E-state index contributed by atoms with van der Waals surface area (Å²) in [6, 6.07) is 17.3. The number of halogens is 1. The maximum atomic E-state index is 13.3. The van der Waals surface area contributed by atoms with Gasteiger partial charge in [0.2, 0.25) is 0 Å². The van der Waals surface area contributed by atoms with Gasteiger partial charge in [0.1, 0.15) is 18.2 Å². The van der Waals surface area contributed by atoms with E-state index in [9.17, 15) is 9.18 Å². The molecule has 1 amide bonds. The largest absolute Gasteiger partial charge is 0.489 e. The number of benzene rings is 2. The first kappa shape index (κ1) is 20.2. The number of amides is 1. The minimum absolute atomic E-state index is 0.0535. The van der Waals surface area contributed by atoms with Crippen LogP contribution in [0.3, 0.4) is 0 Å². The standard InChI is InChI=1S/C24H24FNO4/c25-20-5-1-4-19(14-20)17-30-21-10-8-18(9-11-21)15-26(16-22-6-2-12-28-22)24(27)23-7-3-13-29-23/h1,3-5,7-11,13-14,22H,2,6,12,15-17H2/t22-/m1/s1. The molecule has 1 saturated heterocycles. The monoisotopic (exact) mass is 409 g/mol. The lowest BCUT2D eigenvalue weighted by Crippen LogP contribution is -2.36. The fraction of sp³-hybridized carbons (Fsp3) is 0.292. The van der Waals surface area contributed by atoms with Crippen LogP contribution in [0.2, 0.25) is 0 Å². The highest BCUT2D eigenvalue weighted by Crippen LogP contribution is 2.20. The van der Waals surface area contributed by atoms with Gasteiger partial charge in [-0.3, -0.25) is 4.79 Å². The number of carbonyl (C=O) groups excluding carboxylic acids is 1. The second-order valence-corrected chi connectivity index (χ2v) is 7.36. The molecule has 3 aromatic rings. The first-order valence-corrected chi connectivity index (χ1v) is 10.1. The molecule has 0 N–H and O–H groups in total. The Morgan fingerprint density at radius 3 is 2.67 bits per heavy atom. The average Bonchev–Trinajstić information content (AvgIpc) is 3.47. The summed E-state index contributed by atoms with van der Waals surface area (Å²) in [5.41, 5.74) is 1.75. The summed E-state index contributed by atoms with van der Waals surface area (Å²) < 4.78 is 30.0. The van der Waals surface area contributed by atoms with Crippen LogP contribution in [0.4, 0.5) is 4.39 Å². The van der Waals surface area contributed by atoms with Crippen LogP contribution < -0.4 is 4.74 Å². The van der Waals surface area contributed by atoms with E-state index in [0.29, 0.717) is 31.2 Å². The molecule has 0 unspecified atom stereocenters. The van der Waals surface area contributed by atoms with Gasteiger partial charge in [0, 0.05) is 19.7 Å². The number of nitrogens with zero attached hydrogens (tertiary/aromatic N) is 1. The Morgan fingerprint density at radius 2 is 1.97 bits per heavy atom. The molecule has 30 heavy (non-hydrogen) atoms. The third-order valence-electron chi connectivity index (χ3n) is 5.06. The van der Waals surface area contributed by atoms with E-state index in [-0.39, 0.29) is 17.8 Å². The van der Waals surface area contributed by atoms with Gasteiger partial charge in [0.15, 0.2) is 5.76 Å². The normalized spacial score (nSPS) is 15.8. The molecule has 2 heterocycles. The minimum Gasteiger partial charge on any atom is -0.489 e. The SMILES string of the molecule is O=C(c1ccco1)N(Cc1ccc(OCc2cccc(F)c2)cc1)C[C@H]1CCCO1. The molecule has 0 spiro atoms. The van der Waals surface area contributed by atoms with E-state index in [2.05, 4.69) is 0 Å². The predicted octanol–water partition coefficient (Wildman–Crippen LogP) is 4.82. The smallest absolute Gasteiger partial charge is 0.289 e. The van der Waals surface area contributed by atoms with Gasteiger partial charge in [-0.1, -0.05) is 24.3 Å². The van der Waals surface area contributed by atoms with Crippen LogP contribution in [0.1, 0.15) is 34.5 Å². The van der Waals surface area contributed by atoms with Gasteiger partial charge >= 0.3 is 0 Å². The lowest BCUT2D eigenvalue weighted by molar-refractivity contribution is 0.0484. The Kier molecular flexibility index (Phi) is 6.44. The molecule has 1 aliphatic rings. The van der Waals surface area contributed by atoms with Crippen molar-refractivity contribution in [3.05, 3.63) is 89.6 Å². The van der Waals surface area contributed by atoms with Crippen LogP contribution in [0.25, 0.3) is 0 Å².